The Labute approximate surface area is 88.4 Å². The summed E-state index contributed by atoms with van der Waals surface area (Å²) in [6, 6.07) is 4.33. The Balaban J connectivity index is 1.95. The summed E-state index contributed by atoms with van der Waals surface area (Å²) in [5.74, 6) is 0.636. The van der Waals surface area contributed by atoms with Crippen LogP contribution < -0.4 is 10.1 Å². The molecule has 1 aliphatic rings. The van der Waals surface area contributed by atoms with Crippen LogP contribution in [0.4, 0.5) is 5.69 Å². The molecule has 0 saturated heterocycles. The molecular weight excluding hydrogens is 200 g/mol. The van der Waals surface area contributed by atoms with Gasteiger partial charge in [-0.2, -0.15) is 0 Å². The second kappa shape index (κ2) is 4.05. The Morgan fingerprint density at radius 3 is 3.00 bits per heavy atom. The number of hydrogen-bond acceptors (Lipinski definition) is 3. The maximum absolute atomic E-state index is 5.89. The van der Waals surface area contributed by atoms with Crippen molar-refractivity contribution in [2.24, 2.45) is 0 Å². The van der Waals surface area contributed by atoms with Crippen LogP contribution >= 0.6 is 11.6 Å². The van der Waals surface area contributed by atoms with Crippen molar-refractivity contribution >= 4 is 17.3 Å². The van der Waals surface area contributed by atoms with Crippen molar-refractivity contribution in [2.75, 3.05) is 12.4 Å². The number of pyridine rings is 1. The molecule has 2 rings (SSSR count). The van der Waals surface area contributed by atoms with E-state index in [9.17, 15) is 0 Å². The zero-order valence-corrected chi connectivity index (χ0v) is 8.79. The molecule has 1 aromatic rings. The number of nitrogens with one attached hydrogen (secondary N) is 1. The van der Waals surface area contributed by atoms with Gasteiger partial charge in [0.25, 0.3) is 0 Å². The van der Waals surface area contributed by atoms with Crippen LogP contribution in [-0.4, -0.2) is 23.5 Å². The normalized spacial score (nSPS) is 25.3. The highest BCUT2D eigenvalue weighted by Crippen LogP contribution is 2.28. The highest BCUT2D eigenvalue weighted by Gasteiger charge is 2.26. The molecule has 1 N–H and O–H groups in total. The van der Waals surface area contributed by atoms with Gasteiger partial charge in [-0.3, -0.25) is 0 Å². The van der Waals surface area contributed by atoms with Gasteiger partial charge in [0, 0.05) is 29.4 Å². The van der Waals surface area contributed by atoms with Gasteiger partial charge in [-0.15, -0.1) is 11.6 Å². The van der Waals surface area contributed by atoms with Gasteiger partial charge in [0.05, 0.1) is 7.11 Å². The van der Waals surface area contributed by atoms with E-state index in [2.05, 4.69) is 10.3 Å². The molecule has 0 bridgehead atoms. The summed E-state index contributed by atoms with van der Waals surface area (Å²) >= 11 is 5.89. The molecule has 14 heavy (non-hydrogen) atoms. The topological polar surface area (TPSA) is 34.1 Å². The quantitative estimate of drug-likeness (QED) is 0.781. The van der Waals surface area contributed by atoms with Crippen molar-refractivity contribution in [1.29, 1.82) is 0 Å². The van der Waals surface area contributed by atoms with Crippen LogP contribution in [0.3, 0.4) is 0 Å². The molecule has 0 aliphatic heterocycles. The highest BCUT2D eigenvalue weighted by atomic mass is 35.5. The number of rotatable bonds is 3. The summed E-state index contributed by atoms with van der Waals surface area (Å²) in [6.45, 7) is 0. The van der Waals surface area contributed by atoms with E-state index in [4.69, 9.17) is 16.3 Å². The minimum Gasteiger partial charge on any atom is -0.481 e. The van der Waals surface area contributed by atoms with E-state index in [1.807, 2.05) is 12.1 Å². The summed E-state index contributed by atoms with van der Waals surface area (Å²) in [5.41, 5.74) is 1.05. The first-order chi connectivity index (χ1) is 6.78. The molecule has 0 unspecified atom stereocenters. The maximum Gasteiger partial charge on any atom is 0.214 e. The third-order valence-electron chi connectivity index (χ3n) is 2.40. The lowest BCUT2D eigenvalue weighted by molar-refractivity contribution is 0.397. The molecular formula is C10H13ClN2O. The average Bonchev–Trinajstić information content (AvgIpc) is 2.16. The predicted octanol–water partition coefficient (Wildman–Crippen LogP) is 2.27. The van der Waals surface area contributed by atoms with Crippen LogP contribution in [0, 0.1) is 0 Å². The van der Waals surface area contributed by atoms with Gasteiger partial charge < -0.3 is 10.1 Å². The van der Waals surface area contributed by atoms with E-state index in [1.165, 1.54) is 0 Å². The van der Waals surface area contributed by atoms with Gasteiger partial charge in [0.15, 0.2) is 0 Å². The fourth-order valence-corrected chi connectivity index (χ4v) is 1.94. The largest absolute Gasteiger partial charge is 0.481 e. The van der Waals surface area contributed by atoms with Crippen LogP contribution in [0.25, 0.3) is 0 Å². The average molecular weight is 213 g/mol. The third-order valence-corrected chi connectivity index (χ3v) is 2.75. The van der Waals surface area contributed by atoms with Crippen molar-refractivity contribution in [3.8, 4) is 5.88 Å². The van der Waals surface area contributed by atoms with Gasteiger partial charge in [0.1, 0.15) is 0 Å². The Morgan fingerprint density at radius 2 is 2.36 bits per heavy atom. The zero-order valence-electron chi connectivity index (χ0n) is 8.03. The lowest BCUT2D eigenvalue weighted by atomic mass is 9.92. The first-order valence-electron chi connectivity index (χ1n) is 4.68. The van der Waals surface area contributed by atoms with Gasteiger partial charge in [0.2, 0.25) is 5.88 Å². The lowest BCUT2D eigenvalue weighted by Crippen LogP contribution is -2.35. The third kappa shape index (κ3) is 2.10. The molecule has 1 saturated carbocycles. The van der Waals surface area contributed by atoms with E-state index < -0.39 is 0 Å². The van der Waals surface area contributed by atoms with Gasteiger partial charge in [-0.1, -0.05) is 0 Å². The standard InChI is InChI=1S/C10H13ClN2O/c1-14-10-6-8(2-3-12-10)13-9-4-7(11)5-9/h2-3,6-7,9H,4-5H2,1H3,(H,12,13). The number of alkyl halides is 1. The summed E-state index contributed by atoms with van der Waals surface area (Å²) in [7, 11) is 1.62. The first kappa shape index (κ1) is 9.59. The van der Waals surface area contributed by atoms with Gasteiger partial charge in [-0.05, 0) is 18.9 Å². The number of ether oxygens (including phenoxy) is 1. The molecule has 76 valence electrons. The van der Waals surface area contributed by atoms with Crippen molar-refractivity contribution in [3.63, 3.8) is 0 Å². The highest BCUT2D eigenvalue weighted by molar-refractivity contribution is 6.21. The van der Waals surface area contributed by atoms with Gasteiger partial charge in [-0.25, -0.2) is 4.98 Å². The molecule has 1 heterocycles. The number of methoxy groups -OCH3 is 1. The number of halogens is 1. The smallest absolute Gasteiger partial charge is 0.214 e. The minimum absolute atomic E-state index is 0.344. The van der Waals surface area contributed by atoms with E-state index >= 15 is 0 Å². The van der Waals surface area contributed by atoms with Crippen molar-refractivity contribution in [3.05, 3.63) is 18.3 Å². The molecule has 0 atom stereocenters. The number of anilines is 1. The Kier molecular flexibility index (Phi) is 2.77. The monoisotopic (exact) mass is 212 g/mol. The molecule has 0 amide bonds. The molecule has 1 aliphatic carbocycles. The Hall–Kier alpha value is -0.960. The molecule has 1 fully saturated rings. The predicted molar refractivity (Wildman–Crippen MR) is 57.1 cm³/mol. The fourth-order valence-electron chi connectivity index (χ4n) is 1.51. The number of nitrogens with zero attached hydrogens (tertiary/aromatic N) is 1. The van der Waals surface area contributed by atoms with Gasteiger partial charge >= 0.3 is 0 Å². The maximum atomic E-state index is 5.89. The SMILES string of the molecule is COc1cc(NC2CC(Cl)C2)ccn1. The van der Waals surface area contributed by atoms with Crippen molar-refractivity contribution in [2.45, 2.75) is 24.3 Å². The summed E-state index contributed by atoms with van der Waals surface area (Å²) < 4.78 is 5.03. The molecule has 0 aromatic carbocycles. The summed E-state index contributed by atoms with van der Waals surface area (Å²) in [6.07, 6.45) is 3.80. The minimum atomic E-state index is 0.344. The second-order valence-electron chi connectivity index (χ2n) is 3.50. The Morgan fingerprint density at radius 1 is 1.57 bits per heavy atom. The van der Waals surface area contributed by atoms with Crippen molar-refractivity contribution < 1.29 is 4.74 Å². The zero-order chi connectivity index (χ0) is 9.97. The van der Waals surface area contributed by atoms with Crippen LogP contribution in [0.2, 0.25) is 0 Å². The van der Waals surface area contributed by atoms with Crippen LogP contribution in [-0.2, 0) is 0 Å². The fraction of sp³-hybridized carbons (Fsp3) is 0.500. The molecule has 0 spiro atoms. The van der Waals surface area contributed by atoms with Crippen molar-refractivity contribution in [1.82, 2.24) is 4.98 Å². The first-order valence-corrected chi connectivity index (χ1v) is 5.12. The number of hydrogen-bond donors (Lipinski definition) is 1. The van der Waals surface area contributed by atoms with E-state index in [0.29, 0.717) is 17.3 Å². The molecule has 4 heteroatoms. The van der Waals surface area contributed by atoms with E-state index in [-0.39, 0.29) is 0 Å². The Bertz CT molecular complexity index is 313. The second-order valence-corrected chi connectivity index (χ2v) is 4.11. The van der Waals surface area contributed by atoms with E-state index in [0.717, 1.165) is 18.5 Å². The summed E-state index contributed by atoms with van der Waals surface area (Å²) in [4.78, 5) is 4.04. The molecule has 0 radical (unpaired) electrons. The molecule has 3 nitrogen and oxygen atoms in total. The lowest BCUT2D eigenvalue weighted by Gasteiger charge is -2.32. The molecule has 1 aromatic heterocycles. The van der Waals surface area contributed by atoms with E-state index in [1.54, 1.807) is 13.3 Å². The van der Waals surface area contributed by atoms with Crippen LogP contribution in [0.5, 0.6) is 5.88 Å². The van der Waals surface area contributed by atoms with Crippen LogP contribution in [0.15, 0.2) is 18.3 Å². The summed E-state index contributed by atoms with van der Waals surface area (Å²) in [5, 5.41) is 3.72. The van der Waals surface area contributed by atoms with Crippen LogP contribution in [0.1, 0.15) is 12.8 Å². The number of aromatic nitrogens is 1.